The topological polar surface area (TPSA) is 60.0 Å². The molecule has 0 aliphatic carbocycles. The number of hydrogen-bond donors (Lipinski definition) is 1. The van der Waals surface area contributed by atoms with Crippen molar-refractivity contribution in [2.75, 3.05) is 19.1 Å². The Labute approximate surface area is 169 Å². The molecule has 1 saturated heterocycles. The van der Waals surface area contributed by atoms with E-state index in [1.807, 2.05) is 60.4 Å². The number of thiocarbonyl (C=S) groups is 1. The van der Waals surface area contributed by atoms with Crippen LogP contribution in [0.5, 0.6) is 11.5 Å². The number of fused-ring (bicyclic) bond motifs is 4. The lowest BCUT2D eigenvalue weighted by Crippen LogP contribution is -2.72. The second-order valence-electron chi connectivity index (χ2n) is 6.80. The molecule has 0 radical (unpaired) electrons. The zero-order valence-electron chi connectivity index (χ0n) is 16.0. The van der Waals surface area contributed by atoms with Gasteiger partial charge in [0.1, 0.15) is 17.4 Å². The summed E-state index contributed by atoms with van der Waals surface area (Å²) < 4.78 is 17.1. The van der Waals surface area contributed by atoms with Crippen LogP contribution in [0.1, 0.15) is 24.9 Å². The van der Waals surface area contributed by atoms with Crippen molar-refractivity contribution < 1.29 is 19.0 Å². The maximum Gasteiger partial charge on any atom is 0.317 e. The van der Waals surface area contributed by atoms with Crippen LogP contribution in [-0.4, -0.2) is 31.0 Å². The molecule has 0 amide bonds. The van der Waals surface area contributed by atoms with Crippen LogP contribution in [-0.2, 0) is 9.53 Å². The average molecular weight is 398 g/mol. The largest absolute Gasteiger partial charge is 0.497 e. The molecular weight excluding hydrogens is 376 g/mol. The summed E-state index contributed by atoms with van der Waals surface area (Å²) in [5, 5.41) is 3.86. The number of ether oxygens (including phenoxy) is 3. The second kappa shape index (κ2) is 6.98. The van der Waals surface area contributed by atoms with Crippen molar-refractivity contribution in [2.45, 2.75) is 25.1 Å². The van der Waals surface area contributed by atoms with Gasteiger partial charge in [-0.2, -0.15) is 0 Å². The van der Waals surface area contributed by atoms with E-state index in [0.29, 0.717) is 23.0 Å². The number of rotatable bonds is 4. The Kier molecular flexibility index (Phi) is 4.63. The third kappa shape index (κ3) is 2.61. The molecule has 2 aliphatic rings. The van der Waals surface area contributed by atoms with Crippen molar-refractivity contribution in [3.05, 3.63) is 54.1 Å². The predicted octanol–water partition coefficient (Wildman–Crippen LogP) is 3.42. The minimum Gasteiger partial charge on any atom is -0.497 e. The number of nitrogens with zero attached hydrogens (tertiary/aromatic N) is 1. The molecule has 2 heterocycles. The van der Waals surface area contributed by atoms with Crippen LogP contribution in [0.2, 0.25) is 0 Å². The van der Waals surface area contributed by atoms with Gasteiger partial charge in [-0.05, 0) is 42.5 Å². The molecule has 6 nitrogen and oxygen atoms in total. The molecule has 2 aliphatic heterocycles. The Morgan fingerprint density at radius 2 is 2.00 bits per heavy atom. The minimum absolute atomic E-state index is 0.351. The number of nitrogens with one attached hydrogen (secondary N) is 1. The maximum absolute atomic E-state index is 12.9. The van der Waals surface area contributed by atoms with Crippen molar-refractivity contribution in [1.82, 2.24) is 5.32 Å². The van der Waals surface area contributed by atoms with E-state index in [-0.39, 0.29) is 12.0 Å². The average Bonchev–Trinajstić information content (AvgIpc) is 2.73. The SMILES string of the molecule is CC[C@@]12Oc3ccc(OC)cc3[C@@H](NC(=S)N1c1ccccc1)[C@@H]2C(=O)OC. The lowest BCUT2D eigenvalue weighted by atomic mass is 9.77. The van der Waals surface area contributed by atoms with Gasteiger partial charge in [0.2, 0.25) is 5.72 Å². The van der Waals surface area contributed by atoms with E-state index in [4.69, 9.17) is 26.4 Å². The van der Waals surface area contributed by atoms with E-state index in [9.17, 15) is 4.79 Å². The van der Waals surface area contributed by atoms with Crippen LogP contribution in [0.15, 0.2) is 48.5 Å². The first-order valence-electron chi connectivity index (χ1n) is 9.16. The molecule has 1 N–H and O–H groups in total. The van der Waals surface area contributed by atoms with E-state index in [1.165, 1.54) is 7.11 Å². The normalized spacial score (nSPS) is 25.2. The number of esters is 1. The number of carbonyl (C=O) groups is 1. The lowest BCUT2D eigenvalue weighted by Gasteiger charge is -2.56. The van der Waals surface area contributed by atoms with Crippen LogP contribution >= 0.6 is 12.2 Å². The van der Waals surface area contributed by atoms with Crippen molar-refractivity contribution >= 4 is 29.0 Å². The molecule has 2 bridgehead atoms. The van der Waals surface area contributed by atoms with Gasteiger partial charge < -0.3 is 19.5 Å². The standard InChI is InChI=1S/C21H22N2O4S/c1-4-21-17(19(24)26-3)18(15-12-14(25-2)10-11-16(15)27-21)22-20(28)23(21)13-8-6-5-7-9-13/h5-12,17-18H,4H2,1-3H3,(H,22,28)/t17-,18-,21+/m1/s1. The fourth-order valence-electron chi connectivity index (χ4n) is 4.21. The number of benzene rings is 2. The molecule has 7 heteroatoms. The number of para-hydroxylation sites is 1. The molecule has 28 heavy (non-hydrogen) atoms. The molecule has 1 fully saturated rings. The summed E-state index contributed by atoms with van der Waals surface area (Å²) in [6, 6.07) is 14.9. The van der Waals surface area contributed by atoms with Crippen LogP contribution in [0.3, 0.4) is 0 Å². The van der Waals surface area contributed by atoms with Crippen LogP contribution in [0.4, 0.5) is 5.69 Å². The summed E-state index contributed by atoms with van der Waals surface area (Å²) in [5.41, 5.74) is 0.684. The number of carbonyl (C=O) groups excluding carboxylic acids is 1. The zero-order chi connectivity index (χ0) is 19.9. The molecule has 0 unspecified atom stereocenters. The lowest BCUT2D eigenvalue weighted by molar-refractivity contribution is -0.158. The van der Waals surface area contributed by atoms with E-state index in [2.05, 4.69) is 5.32 Å². The highest BCUT2D eigenvalue weighted by atomic mass is 32.1. The summed E-state index contributed by atoms with van der Waals surface area (Å²) >= 11 is 5.72. The Bertz CT molecular complexity index is 920. The summed E-state index contributed by atoms with van der Waals surface area (Å²) in [6.07, 6.45) is 0.533. The van der Waals surface area contributed by atoms with Gasteiger partial charge in [-0.15, -0.1) is 0 Å². The monoisotopic (exact) mass is 398 g/mol. The molecule has 0 aromatic heterocycles. The third-order valence-corrected chi connectivity index (χ3v) is 5.80. The van der Waals surface area contributed by atoms with E-state index in [1.54, 1.807) is 7.11 Å². The summed E-state index contributed by atoms with van der Waals surface area (Å²) in [7, 11) is 3.00. The molecule has 2 aromatic rings. The highest BCUT2D eigenvalue weighted by molar-refractivity contribution is 7.80. The Hall–Kier alpha value is -2.80. The Balaban J connectivity index is 1.94. The van der Waals surface area contributed by atoms with Gasteiger partial charge in [-0.1, -0.05) is 25.1 Å². The van der Waals surface area contributed by atoms with Gasteiger partial charge in [0.05, 0.1) is 20.3 Å². The molecule has 2 aromatic carbocycles. The van der Waals surface area contributed by atoms with Crippen LogP contribution in [0, 0.1) is 5.92 Å². The predicted molar refractivity (Wildman–Crippen MR) is 110 cm³/mol. The van der Waals surface area contributed by atoms with Crippen molar-refractivity contribution in [3.63, 3.8) is 0 Å². The summed E-state index contributed by atoms with van der Waals surface area (Å²) in [5.74, 6) is 0.419. The fourth-order valence-corrected chi connectivity index (χ4v) is 4.60. The first kappa shape index (κ1) is 18.6. The number of methoxy groups -OCH3 is 2. The van der Waals surface area contributed by atoms with Crippen molar-refractivity contribution in [3.8, 4) is 11.5 Å². The summed E-state index contributed by atoms with van der Waals surface area (Å²) in [4.78, 5) is 14.8. The highest BCUT2D eigenvalue weighted by Gasteiger charge is 2.61. The van der Waals surface area contributed by atoms with Gasteiger partial charge in [0.15, 0.2) is 5.11 Å². The maximum atomic E-state index is 12.9. The molecule has 146 valence electrons. The first-order chi connectivity index (χ1) is 13.6. The number of anilines is 1. The third-order valence-electron chi connectivity index (χ3n) is 5.49. The van der Waals surface area contributed by atoms with Crippen molar-refractivity contribution in [2.24, 2.45) is 5.92 Å². The zero-order valence-corrected chi connectivity index (χ0v) is 16.8. The molecular formula is C21H22N2O4S. The van der Waals surface area contributed by atoms with Crippen LogP contribution in [0.25, 0.3) is 0 Å². The van der Waals surface area contributed by atoms with Gasteiger partial charge in [-0.25, -0.2) is 0 Å². The van der Waals surface area contributed by atoms with Gasteiger partial charge >= 0.3 is 5.97 Å². The van der Waals surface area contributed by atoms with Gasteiger partial charge in [0.25, 0.3) is 0 Å². The van der Waals surface area contributed by atoms with E-state index in [0.717, 1.165) is 11.3 Å². The summed E-state index contributed by atoms with van der Waals surface area (Å²) in [6.45, 7) is 1.99. The number of hydrogen-bond acceptors (Lipinski definition) is 5. The van der Waals surface area contributed by atoms with E-state index < -0.39 is 11.6 Å². The van der Waals surface area contributed by atoms with Crippen molar-refractivity contribution in [1.29, 1.82) is 0 Å². The molecule has 0 spiro atoms. The fraction of sp³-hybridized carbons (Fsp3) is 0.333. The Morgan fingerprint density at radius 1 is 1.25 bits per heavy atom. The Morgan fingerprint density at radius 3 is 2.64 bits per heavy atom. The van der Waals surface area contributed by atoms with Gasteiger partial charge in [0, 0.05) is 17.7 Å². The minimum atomic E-state index is -0.997. The second-order valence-corrected chi connectivity index (χ2v) is 7.19. The first-order valence-corrected chi connectivity index (χ1v) is 9.57. The molecule has 3 atom stereocenters. The highest BCUT2D eigenvalue weighted by Crippen LogP contribution is 2.51. The molecule has 4 rings (SSSR count). The van der Waals surface area contributed by atoms with E-state index >= 15 is 0 Å². The van der Waals surface area contributed by atoms with Gasteiger partial charge in [-0.3, -0.25) is 9.69 Å². The smallest absolute Gasteiger partial charge is 0.317 e. The van der Waals surface area contributed by atoms with Crippen LogP contribution < -0.4 is 19.7 Å². The quantitative estimate of drug-likeness (QED) is 0.625. The molecule has 0 saturated carbocycles.